The Bertz CT molecular complexity index is 876. The van der Waals surface area contributed by atoms with E-state index < -0.39 is 6.10 Å². The zero-order valence-corrected chi connectivity index (χ0v) is 13.5. The number of aromatic nitrogens is 2. The van der Waals surface area contributed by atoms with Crippen LogP contribution in [0.2, 0.25) is 0 Å². The molecule has 0 saturated carbocycles. The number of nitrogens with one attached hydrogen (secondary N) is 1. The standard InChI is InChI=1S/C19H17N3O3/c23-19(17-13-24-15-8-4-5-9-16(15)25-17)21-18-10-11-20-22(18)12-14-6-2-1-3-7-14/h1-11,17H,12-13H2,(H,21,23)/t17-/m0/s1. The Morgan fingerprint density at radius 3 is 2.68 bits per heavy atom. The van der Waals surface area contributed by atoms with E-state index in [4.69, 9.17) is 9.47 Å². The third kappa shape index (κ3) is 3.33. The van der Waals surface area contributed by atoms with Crippen molar-refractivity contribution in [2.45, 2.75) is 12.6 Å². The summed E-state index contributed by atoms with van der Waals surface area (Å²) in [6.07, 6.45) is 0.960. The maximum Gasteiger partial charge on any atom is 0.270 e. The normalized spacial score (nSPS) is 15.6. The first-order valence-corrected chi connectivity index (χ1v) is 8.05. The molecule has 1 N–H and O–H groups in total. The minimum atomic E-state index is -0.699. The van der Waals surface area contributed by atoms with Crippen molar-refractivity contribution in [2.24, 2.45) is 0 Å². The van der Waals surface area contributed by atoms with Crippen LogP contribution in [0.1, 0.15) is 5.56 Å². The van der Waals surface area contributed by atoms with Gasteiger partial charge in [0.2, 0.25) is 6.10 Å². The number of ether oxygens (including phenoxy) is 2. The minimum Gasteiger partial charge on any atom is -0.485 e. The van der Waals surface area contributed by atoms with Gasteiger partial charge in [-0.2, -0.15) is 5.10 Å². The van der Waals surface area contributed by atoms with E-state index in [2.05, 4.69) is 10.4 Å². The molecule has 1 atom stereocenters. The van der Waals surface area contributed by atoms with E-state index in [0.717, 1.165) is 5.56 Å². The third-order valence-corrected chi connectivity index (χ3v) is 3.94. The fourth-order valence-electron chi connectivity index (χ4n) is 2.68. The van der Waals surface area contributed by atoms with Crippen LogP contribution in [0.4, 0.5) is 5.82 Å². The van der Waals surface area contributed by atoms with E-state index in [1.807, 2.05) is 48.5 Å². The van der Waals surface area contributed by atoms with Crippen LogP contribution in [0.5, 0.6) is 11.5 Å². The van der Waals surface area contributed by atoms with Crippen molar-refractivity contribution in [3.8, 4) is 11.5 Å². The lowest BCUT2D eigenvalue weighted by Gasteiger charge is -2.25. The van der Waals surface area contributed by atoms with E-state index in [-0.39, 0.29) is 12.5 Å². The molecule has 2 aromatic carbocycles. The second-order valence-electron chi connectivity index (χ2n) is 5.71. The molecular weight excluding hydrogens is 318 g/mol. The summed E-state index contributed by atoms with van der Waals surface area (Å²) in [6, 6.07) is 19.0. The number of rotatable bonds is 4. The number of benzene rings is 2. The maximum absolute atomic E-state index is 12.5. The highest BCUT2D eigenvalue weighted by Crippen LogP contribution is 2.31. The summed E-state index contributed by atoms with van der Waals surface area (Å²) in [4.78, 5) is 12.5. The molecule has 25 heavy (non-hydrogen) atoms. The molecule has 6 nitrogen and oxygen atoms in total. The predicted octanol–water partition coefficient (Wildman–Crippen LogP) is 2.71. The average molecular weight is 335 g/mol. The molecule has 1 aliphatic heterocycles. The third-order valence-electron chi connectivity index (χ3n) is 3.94. The van der Waals surface area contributed by atoms with Crippen LogP contribution in [-0.4, -0.2) is 28.4 Å². The highest BCUT2D eigenvalue weighted by atomic mass is 16.6. The lowest BCUT2D eigenvalue weighted by Crippen LogP contribution is -2.40. The van der Waals surface area contributed by atoms with Crippen molar-refractivity contribution >= 4 is 11.7 Å². The summed E-state index contributed by atoms with van der Waals surface area (Å²) in [5, 5.41) is 7.14. The largest absolute Gasteiger partial charge is 0.485 e. The number of nitrogens with zero attached hydrogens (tertiary/aromatic N) is 2. The summed E-state index contributed by atoms with van der Waals surface area (Å²) in [5.41, 5.74) is 1.10. The first-order chi connectivity index (χ1) is 12.3. The van der Waals surface area contributed by atoms with E-state index in [0.29, 0.717) is 23.9 Å². The number of carbonyl (C=O) groups excluding carboxylic acids is 1. The monoisotopic (exact) mass is 335 g/mol. The molecule has 1 aromatic heterocycles. The molecule has 0 spiro atoms. The van der Waals surface area contributed by atoms with Crippen molar-refractivity contribution < 1.29 is 14.3 Å². The average Bonchev–Trinajstić information content (AvgIpc) is 3.08. The van der Waals surface area contributed by atoms with Crippen molar-refractivity contribution in [1.29, 1.82) is 0 Å². The van der Waals surface area contributed by atoms with Gasteiger partial charge in [-0.25, -0.2) is 4.68 Å². The summed E-state index contributed by atoms with van der Waals surface area (Å²) in [5.74, 6) is 1.59. The van der Waals surface area contributed by atoms with Gasteiger partial charge in [0.1, 0.15) is 12.4 Å². The Hall–Kier alpha value is -3.28. The SMILES string of the molecule is O=C(Nc1ccnn1Cc1ccccc1)[C@@H]1COc2ccccc2O1. The molecule has 0 fully saturated rings. The number of para-hydroxylation sites is 2. The lowest BCUT2D eigenvalue weighted by molar-refractivity contribution is -0.125. The molecule has 126 valence electrons. The topological polar surface area (TPSA) is 65.4 Å². The second kappa shape index (κ2) is 6.68. The number of anilines is 1. The van der Waals surface area contributed by atoms with Crippen molar-refractivity contribution in [3.05, 3.63) is 72.4 Å². The lowest BCUT2D eigenvalue weighted by atomic mass is 10.2. The van der Waals surface area contributed by atoms with Gasteiger partial charge in [-0.05, 0) is 17.7 Å². The van der Waals surface area contributed by atoms with Gasteiger partial charge in [0.05, 0.1) is 12.7 Å². The Morgan fingerprint density at radius 2 is 1.84 bits per heavy atom. The highest BCUT2D eigenvalue weighted by molar-refractivity contribution is 5.94. The van der Waals surface area contributed by atoms with Gasteiger partial charge >= 0.3 is 0 Å². The summed E-state index contributed by atoms with van der Waals surface area (Å²) in [7, 11) is 0. The molecule has 1 aliphatic rings. The molecule has 3 aromatic rings. The van der Waals surface area contributed by atoms with Crippen LogP contribution in [0.15, 0.2) is 66.9 Å². The van der Waals surface area contributed by atoms with Crippen LogP contribution in [0, 0.1) is 0 Å². The first-order valence-electron chi connectivity index (χ1n) is 8.05. The molecule has 0 bridgehead atoms. The highest BCUT2D eigenvalue weighted by Gasteiger charge is 2.27. The van der Waals surface area contributed by atoms with Crippen LogP contribution in [-0.2, 0) is 11.3 Å². The number of carbonyl (C=O) groups is 1. The second-order valence-corrected chi connectivity index (χ2v) is 5.71. The van der Waals surface area contributed by atoms with E-state index in [1.165, 1.54) is 0 Å². The van der Waals surface area contributed by atoms with Crippen LogP contribution in [0.25, 0.3) is 0 Å². The first kappa shape index (κ1) is 15.3. The van der Waals surface area contributed by atoms with Crippen LogP contribution < -0.4 is 14.8 Å². The van der Waals surface area contributed by atoms with E-state index >= 15 is 0 Å². The van der Waals surface area contributed by atoms with Gasteiger partial charge in [0, 0.05) is 6.07 Å². The Morgan fingerprint density at radius 1 is 1.08 bits per heavy atom. The molecule has 6 heteroatoms. The number of amides is 1. The fourth-order valence-corrected chi connectivity index (χ4v) is 2.68. The Balaban J connectivity index is 1.45. The summed E-state index contributed by atoms with van der Waals surface area (Å²) >= 11 is 0. The number of fused-ring (bicyclic) bond motifs is 1. The minimum absolute atomic E-state index is 0.176. The van der Waals surface area contributed by atoms with E-state index in [9.17, 15) is 4.79 Å². The molecule has 0 aliphatic carbocycles. The molecule has 2 heterocycles. The van der Waals surface area contributed by atoms with Crippen LogP contribution in [0.3, 0.4) is 0 Å². The summed E-state index contributed by atoms with van der Waals surface area (Å²) in [6.45, 7) is 0.754. The molecule has 0 unspecified atom stereocenters. The molecule has 0 radical (unpaired) electrons. The predicted molar refractivity (Wildman–Crippen MR) is 92.8 cm³/mol. The van der Waals surface area contributed by atoms with Gasteiger partial charge in [-0.15, -0.1) is 0 Å². The molecular formula is C19H17N3O3. The van der Waals surface area contributed by atoms with Gasteiger partial charge in [0.25, 0.3) is 5.91 Å². The van der Waals surface area contributed by atoms with Crippen molar-refractivity contribution in [2.75, 3.05) is 11.9 Å². The number of hydrogen-bond donors (Lipinski definition) is 1. The summed E-state index contributed by atoms with van der Waals surface area (Å²) < 4.78 is 13.1. The van der Waals surface area contributed by atoms with Gasteiger partial charge in [-0.3, -0.25) is 4.79 Å². The van der Waals surface area contributed by atoms with Crippen molar-refractivity contribution in [1.82, 2.24) is 9.78 Å². The molecule has 4 rings (SSSR count). The van der Waals surface area contributed by atoms with Gasteiger partial charge in [-0.1, -0.05) is 42.5 Å². The molecule has 1 amide bonds. The van der Waals surface area contributed by atoms with Crippen molar-refractivity contribution in [3.63, 3.8) is 0 Å². The van der Waals surface area contributed by atoms with E-state index in [1.54, 1.807) is 23.0 Å². The maximum atomic E-state index is 12.5. The quantitative estimate of drug-likeness (QED) is 0.796. The smallest absolute Gasteiger partial charge is 0.270 e. The van der Waals surface area contributed by atoms with Gasteiger partial charge < -0.3 is 14.8 Å². The number of hydrogen-bond acceptors (Lipinski definition) is 4. The molecule has 0 saturated heterocycles. The Labute approximate surface area is 145 Å². The Kier molecular flexibility index (Phi) is 4.08. The zero-order chi connectivity index (χ0) is 17.1. The zero-order valence-electron chi connectivity index (χ0n) is 13.5. The van der Waals surface area contributed by atoms with Gasteiger partial charge in [0.15, 0.2) is 11.5 Å². The van der Waals surface area contributed by atoms with Crippen LogP contribution >= 0.6 is 0 Å². The fraction of sp³-hybridized carbons (Fsp3) is 0.158.